The van der Waals surface area contributed by atoms with Crippen LogP contribution in [-0.4, -0.2) is 24.5 Å². The Hall–Kier alpha value is -1.96. The second-order valence-electron chi connectivity index (χ2n) is 5.25. The molecule has 0 spiro atoms. The topological polar surface area (TPSA) is 64.0 Å². The molecule has 1 heterocycles. The van der Waals surface area contributed by atoms with Crippen molar-refractivity contribution in [3.8, 4) is 0 Å². The van der Waals surface area contributed by atoms with Gasteiger partial charge in [-0.2, -0.15) is 0 Å². The van der Waals surface area contributed by atoms with E-state index in [1.165, 1.54) is 6.07 Å². The van der Waals surface area contributed by atoms with Crippen molar-refractivity contribution in [1.29, 1.82) is 0 Å². The third-order valence-corrected chi connectivity index (χ3v) is 5.31. The molecule has 3 rings (SSSR count). The van der Waals surface area contributed by atoms with Crippen molar-refractivity contribution in [2.45, 2.75) is 17.9 Å². The molecule has 0 unspecified atom stereocenters. The number of hydrogen-bond acceptors (Lipinski definition) is 3. The summed E-state index contributed by atoms with van der Waals surface area (Å²) in [6.07, 6.45) is 2.27. The quantitative estimate of drug-likeness (QED) is 0.680. The van der Waals surface area contributed by atoms with E-state index in [4.69, 9.17) is 11.6 Å². The van der Waals surface area contributed by atoms with Gasteiger partial charge >= 0.3 is 0 Å². The van der Waals surface area contributed by atoms with Crippen LogP contribution >= 0.6 is 11.6 Å². The summed E-state index contributed by atoms with van der Waals surface area (Å²) in [7, 11) is -3.90. The fraction of sp³-hybridized carbons (Fsp3) is 0.188. The molecule has 3 aromatic rings. The summed E-state index contributed by atoms with van der Waals surface area (Å²) >= 11 is 5.63. The Morgan fingerprint density at radius 3 is 2.79 bits per heavy atom. The minimum Gasteiger partial charge on any atom is -0.331 e. The molecule has 0 fully saturated rings. The predicted octanol–water partition coefficient (Wildman–Crippen LogP) is 3.20. The molecule has 0 aliphatic heterocycles. The molecule has 1 aromatic heterocycles. The van der Waals surface area contributed by atoms with Crippen LogP contribution in [0.5, 0.6) is 0 Å². The highest BCUT2D eigenvalue weighted by molar-refractivity contribution is 7.89. The summed E-state index contributed by atoms with van der Waals surface area (Å²) in [5.41, 5.74) is 1.88. The lowest BCUT2D eigenvalue weighted by molar-refractivity contribution is 0.551. The van der Waals surface area contributed by atoms with Gasteiger partial charge in [0.2, 0.25) is 10.0 Å². The van der Waals surface area contributed by atoms with Crippen LogP contribution in [0, 0.1) is 5.82 Å². The van der Waals surface area contributed by atoms with Crippen LogP contribution in [0.3, 0.4) is 0 Å². The van der Waals surface area contributed by atoms with Crippen molar-refractivity contribution in [3.05, 3.63) is 59.6 Å². The molecule has 0 aliphatic rings. The lowest BCUT2D eigenvalue weighted by Gasteiger charge is -2.08. The molecule has 126 valence electrons. The van der Waals surface area contributed by atoms with Crippen molar-refractivity contribution in [1.82, 2.24) is 14.3 Å². The first-order chi connectivity index (χ1) is 11.5. The summed E-state index contributed by atoms with van der Waals surface area (Å²) in [4.78, 5) is 3.87. The average molecular weight is 368 g/mol. The van der Waals surface area contributed by atoms with Crippen LogP contribution < -0.4 is 4.72 Å². The van der Waals surface area contributed by atoms with Crippen LogP contribution in [0.15, 0.2) is 53.7 Å². The highest BCUT2D eigenvalue weighted by Gasteiger charge is 2.18. The van der Waals surface area contributed by atoms with Crippen LogP contribution in [-0.2, 0) is 16.6 Å². The average Bonchev–Trinajstić information content (AvgIpc) is 2.94. The maximum Gasteiger partial charge on any atom is 0.243 e. The van der Waals surface area contributed by atoms with Crippen molar-refractivity contribution < 1.29 is 12.8 Å². The van der Waals surface area contributed by atoms with Crippen molar-refractivity contribution in [2.24, 2.45) is 0 Å². The molecule has 24 heavy (non-hydrogen) atoms. The summed E-state index contributed by atoms with van der Waals surface area (Å²) < 4.78 is 42.3. The molecule has 0 saturated carbocycles. The van der Waals surface area contributed by atoms with Gasteiger partial charge in [0.25, 0.3) is 0 Å². The number of para-hydroxylation sites is 2. The van der Waals surface area contributed by atoms with E-state index in [9.17, 15) is 12.8 Å². The number of benzene rings is 2. The largest absolute Gasteiger partial charge is 0.331 e. The fourth-order valence-corrected chi connectivity index (χ4v) is 3.71. The van der Waals surface area contributed by atoms with Gasteiger partial charge in [-0.15, -0.1) is 0 Å². The zero-order valence-electron chi connectivity index (χ0n) is 12.6. The molecule has 2 aromatic carbocycles. The molecule has 5 nitrogen and oxygen atoms in total. The number of nitrogens with one attached hydrogen (secondary N) is 1. The van der Waals surface area contributed by atoms with Gasteiger partial charge in [-0.05, 0) is 36.8 Å². The monoisotopic (exact) mass is 367 g/mol. The minimum atomic E-state index is -3.90. The summed E-state index contributed by atoms with van der Waals surface area (Å²) in [6.45, 7) is 0.795. The van der Waals surface area contributed by atoms with E-state index in [-0.39, 0.29) is 11.6 Å². The Morgan fingerprint density at radius 2 is 2.00 bits per heavy atom. The Morgan fingerprint density at radius 1 is 1.21 bits per heavy atom. The van der Waals surface area contributed by atoms with Crippen molar-refractivity contribution >= 4 is 32.7 Å². The molecule has 0 bridgehead atoms. The molecule has 0 atom stereocenters. The highest BCUT2D eigenvalue weighted by atomic mass is 35.5. The van der Waals surface area contributed by atoms with Crippen LogP contribution in [0.25, 0.3) is 11.0 Å². The van der Waals surface area contributed by atoms with E-state index in [0.717, 1.165) is 23.2 Å². The Kier molecular flexibility index (Phi) is 4.84. The molecule has 0 radical (unpaired) electrons. The second-order valence-corrected chi connectivity index (χ2v) is 7.42. The summed E-state index contributed by atoms with van der Waals surface area (Å²) in [5.74, 6) is -0.865. The number of imidazole rings is 1. The zero-order chi connectivity index (χ0) is 17.2. The first-order valence-electron chi connectivity index (χ1n) is 7.32. The molecule has 0 aliphatic carbocycles. The van der Waals surface area contributed by atoms with Gasteiger partial charge in [0.1, 0.15) is 10.7 Å². The maximum atomic E-state index is 13.7. The van der Waals surface area contributed by atoms with Gasteiger partial charge in [-0.1, -0.05) is 23.7 Å². The summed E-state index contributed by atoms with van der Waals surface area (Å²) in [6, 6.07) is 11.2. The maximum absolute atomic E-state index is 13.7. The smallest absolute Gasteiger partial charge is 0.243 e. The van der Waals surface area contributed by atoms with Gasteiger partial charge in [0.05, 0.1) is 17.4 Å². The van der Waals surface area contributed by atoms with Crippen molar-refractivity contribution in [3.63, 3.8) is 0 Å². The van der Waals surface area contributed by atoms with E-state index < -0.39 is 20.7 Å². The van der Waals surface area contributed by atoms with Gasteiger partial charge in [0, 0.05) is 18.1 Å². The number of aryl methyl sites for hydroxylation is 1. The first-order valence-corrected chi connectivity index (χ1v) is 9.18. The van der Waals surface area contributed by atoms with Crippen molar-refractivity contribution in [2.75, 3.05) is 6.54 Å². The first kappa shape index (κ1) is 16.9. The Balaban J connectivity index is 1.61. The zero-order valence-corrected chi connectivity index (χ0v) is 14.2. The number of sulfonamides is 1. The third-order valence-electron chi connectivity index (χ3n) is 3.58. The number of nitrogens with zero attached hydrogens (tertiary/aromatic N) is 2. The SMILES string of the molecule is O=S(=O)(NCCCn1cnc2ccccc21)c1ccc(Cl)cc1F. The number of rotatable bonds is 6. The number of halogens is 2. The molecular weight excluding hydrogens is 353 g/mol. The van der Waals surface area contributed by atoms with E-state index in [0.29, 0.717) is 13.0 Å². The predicted molar refractivity (Wildman–Crippen MR) is 90.9 cm³/mol. The lowest BCUT2D eigenvalue weighted by atomic mass is 10.3. The summed E-state index contributed by atoms with van der Waals surface area (Å²) in [5, 5.41) is 0.151. The van der Waals surface area contributed by atoms with Gasteiger partial charge in [0.15, 0.2) is 0 Å². The third kappa shape index (κ3) is 3.58. The van der Waals surface area contributed by atoms with Crippen LogP contribution in [0.2, 0.25) is 5.02 Å². The number of aromatic nitrogens is 2. The van der Waals surface area contributed by atoms with E-state index in [1.54, 1.807) is 6.33 Å². The minimum absolute atomic E-state index is 0.151. The molecule has 0 saturated heterocycles. The lowest BCUT2D eigenvalue weighted by Crippen LogP contribution is -2.26. The normalized spacial score (nSPS) is 11.9. The Labute approximate surface area is 144 Å². The van der Waals surface area contributed by atoms with E-state index in [2.05, 4.69) is 9.71 Å². The fourth-order valence-electron chi connectivity index (χ4n) is 2.42. The molecule has 1 N–H and O–H groups in total. The Bertz CT molecular complexity index is 972. The molecule has 0 amide bonds. The van der Waals surface area contributed by atoms with Crippen LogP contribution in [0.1, 0.15) is 6.42 Å². The van der Waals surface area contributed by atoms with Gasteiger partial charge in [-0.3, -0.25) is 0 Å². The molecule has 8 heteroatoms. The van der Waals surface area contributed by atoms with Gasteiger partial charge < -0.3 is 4.57 Å². The van der Waals surface area contributed by atoms with E-state index >= 15 is 0 Å². The number of fused-ring (bicyclic) bond motifs is 1. The number of hydrogen-bond donors (Lipinski definition) is 1. The van der Waals surface area contributed by atoms with Crippen LogP contribution in [0.4, 0.5) is 4.39 Å². The van der Waals surface area contributed by atoms with Gasteiger partial charge in [-0.25, -0.2) is 22.5 Å². The standard InChI is InChI=1S/C16H15ClFN3O2S/c17-12-6-7-16(13(18)10-12)24(22,23)20-8-3-9-21-11-19-14-4-1-2-5-15(14)21/h1-2,4-7,10-11,20H,3,8-9H2. The second kappa shape index (κ2) is 6.88. The highest BCUT2D eigenvalue weighted by Crippen LogP contribution is 2.19. The van der Waals surface area contributed by atoms with E-state index in [1.807, 2.05) is 28.8 Å². The molecular formula is C16H15ClFN3O2S.